The van der Waals surface area contributed by atoms with E-state index in [0.717, 1.165) is 5.56 Å². The molecule has 1 unspecified atom stereocenters. The number of benzene rings is 1. The normalized spacial score (nSPS) is 13.7. The van der Waals surface area contributed by atoms with Crippen molar-refractivity contribution in [2.24, 2.45) is 0 Å². The smallest absolute Gasteiger partial charge is 0.346 e. The third-order valence-corrected chi connectivity index (χ3v) is 2.21. The van der Waals surface area contributed by atoms with Crippen LogP contribution in [-0.4, -0.2) is 11.1 Å². The van der Waals surface area contributed by atoms with E-state index in [1.165, 1.54) is 6.08 Å². The molecule has 0 bridgehead atoms. The van der Waals surface area contributed by atoms with E-state index in [1.54, 1.807) is 0 Å². The van der Waals surface area contributed by atoms with Gasteiger partial charge in [0.05, 0.1) is 0 Å². The van der Waals surface area contributed by atoms with Gasteiger partial charge >= 0.3 is 5.97 Å². The minimum absolute atomic E-state index is 0.0137. The van der Waals surface area contributed by atoms with Gasteiger partial charge in [-0.25, -0.2) is 4.79 Å². The summed E-state index contributed by atoms with van der Waals surface area (Å²) < 4.78 is 0. The molecule has 0 fully saturated rings. The van der Waals surface area contributed by atoms with Gasteiger partial charge in [0.2, 0.25) is 0 Å². The fraction of sp³-hybridized carbons (Fsp3) is 0.182. The summed E-state index contributed by atoms with van der Waals surface area (Å²) in [5.74, 6) is -1.07. The Morgan fingerprint density at radius 3 is 2.50 bits per heavy atom. The molecule has 0 aliphatic carbocycles. The summed E-state index contributed by atoms with van der Waals surface area (Å²) in [4.78, 5) is 10.5. The Morgan fingerprint density at radius 1 is 1.43 bits per heavy atom. The third-order valence-electron chi connectivity index (χ3n) is 1.93. The van der Waals surface area contributed by atoms with E-state index in [4.69, 9.17) is 16.7 Å². The van der Waals surface area contributed by atoms with Crippen molar-refractivity contribution in [3.8, 4) is 0 Å². The molecule has 1 aromatic carbocycles. The number of hydrogen-bond acceptors (Lipinski definition) is 1. The largest absolute Gasteiger partial charge is 0.477 e. The fourth-order valence-corrected chi connectivity index (χ4v) is 1.33. The molecule has 0 aliphatic heterocycles. The molecule has 0 aliphatic rings. The quantitative estimate of drug-likeness (QED) is 0.779. The first-order chi connectivity index (χ1) is 6.61. The molecule has 0 saturated carbocycles. The zero-order chi connectivity index (χ0) is 10.6. The molecule has 74 valence electrons. The molecule has 0 radical (unpaired) electrons. The first kappa shape index (κ1) is 10.8. The molecule has 0 aromatic heterocycles. The van der Waals surface area contributed by atoms with Crippen LogP contribution in [0.3, 0.4) is 0 Å². The van der Waals surface area contributed by atoms with E-state index in [1.807, 2.05) is 37.3 Å². The van der Waals surface area contributed by atoms with Gasteiger partial charge in [0, 0.05) is 5.92 Å². The predicted octanol–water partition coefficient (Wildman–Crippen LogP) is 3.00. The summed E-state index contributed by atoms with van der Waals surface area (Å²) in [5.41, 5.74) is 1.05. The molecule has 1 atom stereocenters. The second kappa shape index (κ2) is 4.82. The van der Waals surface area contributed by atoms with E-state index in [0.29, 0.717) is 0 Å². The summed E-state index contributed by atoms with van der Waals surface area (Å²) in [6, 6.07) is 9.61. The van der Waals surface area contributed by atoms with Crippen molar-refractivity contribution in [2.45, 2.75) is 12.8 Å². The van der Waals surface area contributed by atoms with Gasteiger partial charge in [-0.15, -0.1) is 0 Å². The Bertz CT molecular complexity index is 344. The van der Waals surface area contributed by atoms with Gasteiger partial charge in [0.25, 0.3) is 0 Å². The van der Waals surface area contributed by atoms with E-state index in [-0.39, 0.29) is 11.0 Å². The van der Waals surface area contributed by atoms with Crippen molar-refractivity contribution >= 4 is 17.6 Å². The predicted molar refractivity (Wildman–Crippen MR) is 56.4 cm³/mol. The zero-order valence-corrected chi connectivity index (χ0v) is 8.53. The van der Waals surface area contributed by atoms with Gasteiger partial charge in [-0.3, -0.25) is 0 Å². The minimum atomic E-state index is -1.09. The summed E-state index contributed by atoms with van der Waals surface area (Å²) in [5, 5.41) is 8.44. The Labute approximate surface area is 87.8 Å². The molecule has 1 rings (SSSR count). The summed E-state index contributed by atoms with van der Waals surface area (Å²) in [6.07, 6.45) is 1.53. The second-order valence-electron chi connectivity index (χ2n) is 3.02. The van der Waals surface area contributed by atoms with Crippen molar-refractivity contribution in [1.82, 2.24) is 0 Å². The minimum Gasteiger partial charge on any atom is -0.477 e. The Kier molecular flexibility index (Phi) is 3.72. The number of aliphatic carboxylic acids is 1. The van der Waals surface area contributed by atoms with Crippen LogP contribution in [0.5, 0.6) is 0 Å². The van der Waals surface area contributed by atoms with Gasteiger partial charge in [0.15, 0.2) is 0 Å². The van der Waals surface area contributed by atoms with Gasteiger partial charge < -0.3 is 5.11 Å². The van der Waals surface area contributed by atoms with Crippen LogP contribution >= 0.6 is 11.6 Å². The summed E-state index contributed by atoms with van der Waals surface area (Å²) in [6.45, 7) is 1.90. The van der Waals surface area contributed by atoms with Crippen LogP contribution in [0.1, 0.15) is 18.4 Å². The van der Waals surface area contributed by atoms with E-state index in [9.17, 15) is 4.79 Å². The Hall–Kier alpha value is -1.28. The second-order valence-corrected chi connectivity index (χ2v) is 3.43. The maximum absolute atomic E-state index is 10.5. The number of halogens is 1. The highest BCUT2D eigenvalue weighted by atomic mass is 35.5. The average Bonchev–Trinajstić information content (AvgIpc) is 2.19. The lowest BCUT2D eigenvalue weighted by Crippen LogP contribution is -1.97. The highest BCUT2D eigenvalue weighted by Gasteiger charge is 2.07. The van der Waals surface area contributed by atoms with E-state index >= 15 is 0 Å². The van der Waals surface area contributed by atoms with E-state index < -0.39 is 5.97 Å². The molecule has 1 aromatic rings. The van der Waals surface area contributed by atoms with Gasteiger partial charge in [-0.2, -0.15) is 0 Å². The number of hydrogen-bond donors (Lipinski definition) is 1. The topological polar surface area (TPSA) is 37.3 Å². The lowest BCUT2D eigenvalue weighted by atomic mass is 10.0. The van der Waals surface area contributed by atoms with Crippen LogP contribution in [0.15, 0.2) is 41.4 Å². The zero-order valence-electron chi connectivity index (χ0n) is 7.77. The van der Waals surface area contributed by atoms with Crippen molar-refractivity contribution in [3.05, 3.63) is 47.0 Å². The van der Waals surface area contributed by atoms with Gasteiger partial charge in [-0.05, 0) is 5.56 Å². The maximum atomic E-state index is 10.5. The Morgan fingerprint density at radius 2 is 2.00 bits per heavy atom. The first-order valence-corrected chi connectivity index (χ1v) is 4.64. The lowest BCUT2D eigenvalue weighted by Gasteiger charge is -2.05. The maximum Gasteiger partial charge on any atom is 0.346 e. The molecule has 2 nitrogen and oxygen atoms in total. The number of allylic oxidation sites excluding steroid dienone is 1. The van der Waals surface area contributed by atoms with Crippen molar-refractivity contribution < 1.29 is 9.90 Å². The molecule has 0 spiro atoms. The average molecular weight is 211 g/mol. The standard InChI is InChI=1S/C11H11ClO2/c1-8(7-10(12)11(13)14)9-5-3-2-4-6-9/h2-8H,1H3,(H,13,14)/b10-7+. The van der Waals surface area contributed by atoms with Gasteiger partial charge in [-0.1, -0.05) is 54.9 Å². The summed E-state index contributed by atoms with van der Waals surface area (Å²) >= 11 is 5.52. The van der Waals surface area contributed by atoms with Crippen molar-refractivity contribution in [1.29, 1.82) is 0 Å². The highest BCUT2D eigenvalue weighted by molar-refractivity contribution is 6.40. The van der Waals surface area contributed by atoms with Crippen LogP contribution in [0, 0.1) is 0 Å². The molecule has 0 amide bonds. The summed E-state index contributed by atoms with van der Waals surface area (Å²) in [7, 11) is 0. The molecule has 3 heteroatoms. The van der Waals surface area contributed by atoms with E-state index in [2.05, 4.69) is 0 Å². The molecule has 0 heterocycles. The molecular weight excluding hydrogens is 200 g/mol. The van der Waals surface area contributed by atoms with Crippen molar-refractivity contribution in [2.75, 3.05) is 0 Å². The van der Waals surface area contributed by atoms with Crippen LogP contribution in [0.2, 0.25) is 0 Å². The monoisotopic (exact) mass is 210 g/mol. The SMILES string of the molecule is CC(/C=C(/Cl)C(=O)O)c1ccccc1. The van der Waals surface area contributed by atoms with Crippen LogP contribution in [0.4, 0.5) is 0 Å². The van der Waals surface area contributed by atoms with Gasteiger partial charge in [0.1, 0.15) is 5.03 Å². The van der Waals surface area contributed by atoms with Crippen LogP contribution < -0.4 is 0 Å². The lowest BCUT2D eigenvalue weighted by molar-refractivity contribution is -0.131. The number of carboxylic acid groups (broad SMARTS) is 1. The molecule has 14 heavy (non-hydrogen) atoms. The molecule has 1 N–H and O–H groups in total. The highest BCUT2D eigenvalue weighted by Crippen LogP contribution is 2.19. The van der Waals surface area contributed by atoms with Crippen LogP contribution in [0.25, 0.3) is 0 Å². The van der Waals surface area contributed by atoms with Crippen molar-refractivity contribution in [3.63, 3.8) is 0 Å². The molecular formula is C11H11ClO2. The van der Waals surface area contributed by atoms with Crippen LogP contribution in [-0.2, 0) is 4.79 Å². The first-order valence-electron chi connectivity index (χ1n) is 4.27. The number of rotatable bonds is 3. The third kappa shape index (κ3) is 2.89. The number of carbonyl (C=O) groups is 1. The Balaban J connectivity index is 2.82. The fourth-order valence-electron chi connectivity index (χ4n) is 1.14. The molecule has 0 saturated heterocycles. The number of carboxylic acids is 1.